The van der Waals surface area contributed by atoms with Crippen LogP contribution in [0.1, 0.15) is 26.3 Å². The molecule has 0 bridgehead atoms. The highest BCUT2D eigenvalue weighted by Gasteiger charge is 2.07. The lowest BCUT2D eigenvalue weighted by molar-refractivity contribution is 0.478. The molecule has 1 aromatic rings. The predicted octanol–water partition coefficient (Wildman–Crippen LogP) is 3.07. The average molecular weight is 234 g/mol. The summed E-state index contributed by atoms with van der Waals surface area (Å²) in [4.78, 5) is 2.33. The quantitative estimate of drug-likeness (QED) is 0.814. The second-order valence-electron chi connectivity index (χ2n) is 5.39. The molecule has 0 aromatic heterocycles. The van der Waals surface area contributed by atoms with Gasteiger partial charge in [0.25, 0.3) is 0 Å². The highest BCUT2D eigenvalue weighted by molar-refractivity contribution is 5.47. The largest absolute Gasteiger partial charge is 0.374 e. The summed E-state index contributed by atoms with van der Waals surface area (Å²) in [6.45, 7) is 11.0. The number of anilines is 1. The summed E-state index contributed by atoms with van der Waals surface area (Å²) in [5.41, 5.74) is 2.63. The molecule has 0 spiro atoms. The molecular weight excluding hydrogens is 208 g/mol. The monoisotopic (exact) mass is 234 g/mol. The molecule has 2 nitrogen and oxygen atoms in total. The second-order valence-corrected chi connectivity index (χ2v) is 5.39. The van der Waals surface area contributed by atoms with Gasteiger partial charge in [0.1, 0.15) is 0 Å². The first kappa shape index (κ1) is 14.0. The zero-order valence-electron chi connectivity index (χ0n) is 11.8. The van der Waals surface area contributed by atoms with Crippen LogP contribution in [0.5, 0.6) is 0 Å². The maximum Gasteiger partial charge on any atom is 0.0366 e. The highest BCUT2D eigenvalue weighted by Crippen LogP contribution is 2.15. The molecule has 1 atom stereocenters. The average Bonchev–Trinajstić information content (AvgIpc) is 2.26. The van der Waals surface area contributed by atoms with Gasteiger partial charge in [-0.05, 0) is 37.1 Å². The molecule has 0 saturated carbocycles. The number of hydrogen-bond donors (Lipinski definition) is 1. The topological polar surface area (TPSA) is 15.3 Å². The fourth-order valence-electron chi connectivity index (χ4n) is 1.94. The van der Waals surface area contributed by atoms with Crippen LogP contribution in [0.25, 0.3) is 0 Å². The van der Waals surface area contributed by atoms with Crippen molar-refractivity contribution in [1.82, 2.24) is 5.32 Å². The van der Waals surface area contributed by atoms with Gasteiger partial charge in [-0.1, -0.05) is 32.9 Å². The Kier molecular flexibility index (Phi) is 5.49. The number of rotatable bonds is 6. The summed E-state index contributed by atoms with van der Waals surface area (Å²) >= 11 is 0. The van der Waals surface area contributed by atoms with Gasteiger partial charge in [-0.2, -0.15) is 0 Å². The fraction of sp³-hybridized carbons (Fsp3) is 0.600. The Labute approximate surface area is 106 Å². The summed E-state index contributed by atoms with van der Waals surface area (Å²) in [6.07, 6.45) is 0. The first-order valence-corrected chi connectivity index (χ1v) is 6.50. The number of aryl methyl sites for hydroxylation is 1. The van der Waals surface area contributed by atoms with Crippen molar-refractivity contribution in [2.75, 3.05) is 25.0 Å². The second kappa shape index (κ2) is 6.65. The van der Waals surface area contributed by atoms with E-state index in [0.717, 1.165) is 13.1 Å². The standard InChI is InChI=1S/C15H26N2/c1-12(2)16-10-14(4)11-17(5)15-8-6-7-13(3)9-15/h6-9,12,14,16H,10-11H2,1-5H3. The van der Waals surface area contributed by atoms with E-state index in [2.05, 4.69) is 69.2 Å². The molecular formula is C15H26N2. The van der Waals surface area contributed by atoms with Crippen molar-refractivity contribution < 1.29 is 0 Å². The number of nitrogens with one attached hydrogen (secondary N) is 1. The van der Waals surface area contributed by atoms with E-state index in [1.807, 2.05) is 0 Å². The molecule has 1 N–H and O–H groups in total. The van der Waals surface area contributed by atoms with Crippen molar-refractivity contribution in [2.24, 2.45) is 5.92 Å². The van der Waals surface area contributed by atoms with Crippen molar-refractivity contribution in [3.63, 3.8) is 0 Å². The van der Waals surface area contributed by atoms with E-state index >= 15 is 0 Å². The SMILES string of the molecule is Cc1cccc(N(C)CC(C)CNC(C)C)c1. The molecule has 0 aliphatic carbocycles. The third-order valence-corrected chi connectivity index (χ3v) is 2.90. The Hall–Kier alpha value is -1.02. The molecule has 17 heavy (non-hydrogen) atoms. The van der Waals surface area contributed by atoms with E-state index in [4.69, 9.17) is 0 Å². The van der Waals surface area contributed by atoms with Gasteiger partial charge in [-0.15, -0.1) is 0 Å². The van der Waals surface area contributed by atoms with Gasteiger partial charge in [-0.3, -0.25) is 0 Å². The van der Waals surface area contributed by atoms with Crippen LogP contribution < -0.4 is 10.2 Å². The molecule has 0 aliphatic rings. The van der Waals surface area contributed by atoms with Crippen LogP contribution in [0, 0.1) is 12.8 Å². The van der Waals surface area contributed by atoms with Crippen molar-refractivity contribution in [3.05, 3.63) is 29.8 Å². The third-order valence-electron chi connectivity index (χ3n) is 2.90. The van der Waals surface area contributed by atoms with Gasteiger partial charge in [0, 0.05) is 25.3 Å². The predicted molar refractivity (Wildman–Crippen MR) is 76.8 cm³/mol. The fourth-order valence-corrected chi connectivity index (χ4v) is 1.94. The van der Waals surface area contributed by atoms with Gasteiger partial charge in [0.05, 0.1) is 0 Å². The van der Waals surface area contributed by atoms with E-state index in [1.54, 1.807) is 0 Å². The van der Waals surface area contributed by atoms with Gasteiger partial charge < -0.3 is 10.2 Å². The molecule has 0 aliphatic heterocycles. The Morgan fingerprint density at radius 2 is 1.94 bits per heavy atom. The van der Waals surface area contributed by atoms with Gasteiger partial charge in [-0.25, -0.2) is 0 Å². The van der Waals surface area contributed by atoms with Crippen LogP contribution in [-0.4, -0.2) is 26.2 Å². The number of nitrogens with zero attached hydrogens (tertiary/aromatic N) is 1. The molecule has 1 rings (SSSR count). The molecule has 1 unspecified atom stereocenters. The third kappa shape index (κ3) is 5.22. The Bertz CT molecular complexity index is 333. The summed E-state index contributed by atoms with van der Waals surface area (Å²) in [5.74, 6) is 0.655. The lowest BCUT2D eigenvalue weighted by Gasteiger charge is -2.24. The van der Waals surface area contributed by atoms with Crippen molar-refractivity contribution in [2.45, 2.75) is 33.7 Å². The van der Waals surface area contributed by atoms with E-state index in [9.17, 15) is 0 Å². The summed E-state index contributed by atoms with van der Waals surface area (Å²) in [7, 11) is 2.17. The number of hydrogen-bond acceptors (Lipinski definition) is 2. The normalized spacial score (nSPS) is 12.8. The number of benzene rings is 1. The molecule has 0 saturated heterocycles. The van der Waals surface area contributed by atoms with Gasteiger partial charge in [0.15, 0.2) is 0 Å². The molecule has 1 aromatic carbocycles. The van der Waals surface area contributed by atoms with Crippen LogP contribution in [0.15, 0.2) is 24.3 Å². The van der Waals surface area contributed by atoms with E-state index in [1.165, 1.54) is 11.3 Å². The molecule has 0 radical (unpaired) electrons. The van der Waals surface area contributed by atoms with Crippen LogP contribution in [0.4, 0.5) is 5.69 Å². The first-order chi connectivity index (χ1) is 7.99. The van der Waals surface area contributed by atoms with E-state index in [0.29, 0.717) is 12.0 Å². The van der Waals surface area contributed by atoms with Crippen molar-refractivity contribution in [3.8, 4) is 0 Å². The lowest BCUT2D eigenvalue weighted by Crippen LogP contribution is -2.33. The Morgan fingerprint density at radius 3 is 2.53 bits per heavy atom. The summed E-state index contributed by atoms with van der Waals surface area (Å²) in [5, 5.41) is 3.49. The molecule has 0 fully saturated rings. The Morgan fingerprint density at radius 1 is 1.24 bits per heavy atom. The minimum atomic E-state index is 0.571. The Balaban J connectivity index is 2.45. The first-order valence-electron chi connectivity index (χ1n) is 6.50. The molecule has 2 heteroatoms. The van der Waals surface area contributed by atoms with Crippen molar-refractivity contribution in [1.29, 1.82) is 0 Å². The zero-order valence-corrected chi connectivity index (χ0v) is 11.8. The van der Waals surface area contributed by atoms with Gasteiger partial charge in [0.2, 0.25) is 0 Å². The van der Waals surface area contributed by atoms with E-state index in [-0.39, 0.29) is 0 Å². The van der Waals surface area contributed by atoms with Crippen LogP contribution in [-0.2, 0) is 0 Å². The molecule has 0 amide bonds. The van der Waals surface area contributed by atoms with Crippen LogP contribution >= 0.6 is 0 Å². The highest BCUT2D eigenvalue weighted by atomic mass is 15.1. The maximum atomic E-state index is 3.49. The van der Waals surface area contributed by atoms with E-state index < -0.39 is 0 Å². The summed E-state index contributed by atoms with van der Waals surface area (Å²) in [6, 6.07) is 9.25. The van der Waals surface area contributed by atoms with Gasteiger partial charge >= 0.3 is 0 Å². The minimum absolute atomic E-state index is 0.571. The summed E-state index contributed by atoms with van der Waals surface area (Å²) < 4.78 is 0. The van der Waals surface area contributed by atoms with Crippen molar-refractivity contribution >= 4 is 5.69 Å². The molecule has 96 valence electrons. The van der Waals surface area contributed by atoms with Crippen LogP contribution in [0.3, 0.4) is 0 Å². The zero-order chi connectivity index (χ0) is 12.8. The smallest absolute Gasteiger partial charge is 0.0366 e. The van der Waals surface area contributed by atoms with Crippen LogP contribution in [0.2, 0.25) is 0 Å². The lowest BCUT2D eigenvalue weighted by atomic mass is 10.1. The molecule has 0 heterocycles. The maximum absolute atomic E-state index is 3.49. The minimum Gasteiger partial charge on any atom is -0.374 e.